The Hall–Kier alpha value is -3.32. The molecular weight excluding hydrogens is 418 g/mol. The minimum absolute atomic E-state index is 0.139. The fourth-order valence-corrected chi connectivity index (χ4v) is 3.54. The second-order valence-corrected chi connectivity index (χ2v) is 7.84. The number of nitrogens with one attached hydrogen (secondary N) is 2. The topological polar surface area (TPSA) is 93.5 Å². The lowest BCUT2D eigenvalue weighted by Crippen LogP contribution is -2.32. The van der Waals surface area contributed by atoms with Gasteiger partial charge in [-0.15, -0.1) is 0 Å². The lowest BCUT2D eigenvalue weighted by atomic mass is 10.2. The van der Waals surface area contributed by atoms with Gasteiger partial charge in [-0.3, -0.25) is 9.59 Å². The molecule has 7 nitrogen and oxygen atoms in total. The van der Waals surface area contributed by atoms with Crippen LogP contribution in [0.4, 0.5) is 5.69 Å². The quantitative estimate of drug-likeness (QED) is 0.549. The smallest absolute Gasteiger partial charge is 0.273 e. The van der Waals surface area contributed by atoms with Crippen LogP contribution < -0.4 is 15.4 Å². The molecule has 160 valence electrons. The molecule has 3 aromatic rings. The molecule has 31 heavy (non-hydrogen) atoms. The van der Waals surface area contributed by atoms with Gasteiger partial charge in [0.1, 0.15) is 12.4 Å². The number of hydrogen-bond donors (Lipinski definition) is 2. The Balaban J connectivity index is 1.27. The minimum Gasteiger partial charge on any atom is -0.486 e. The van der Waals surface area contributed by atoms with Crippen molar-refractivity contribution >= 4 is 29.1 Å². The van der Waals surface area contributed by atoms with Crippen LogP contribution in [-0.2, 0) is 6.61 Å². The van der Waals surface area contributed by atoms with Crippen LogP contribution in [0.3, 0.4) is 0 Å². The zero-order valence-corrected chi connectivity index (χ0v) is 17.5. The van der Waals surface area contributed by atoms with Crippen LogP contribution in [0.25, 0.3) is 0 Å². The number of rotatable bonds is 7. The van der Waals surface area contributed by atoms with Gasteiger partial charge in [0, 0.05) is 28.4 Å². The van der Waals surface area contributed by atoms with E-state index in [1.807, 2.05) is 0 Å². The summed E-state index contributed by atoms with van der Waals surface area (Å²) in [5.41, 5.74) is 1.41. The van der Waals surface area contributed by atoms with Gasteiger partial charge >= 0.3 is 0 Å². The first-order valence-corrected chi connectivity index (χ1v) is 10.5. The molecule has 2 aromatic carbocycles. The highest BCUT2D eigenvalue weighted by Gasteiger charge is 2.20. The Kier molecular flexibility index (Phi) is 6.52. The molecule has 0 spiro atoms. The first-order valence-electron chi connectivity index (χ1n) is 10.1. The molecule has 1 aliphatic carbocycles. The molecule has 0 bridgehead atoms. The van der Waals surface area contributed by atoms with Crippen molar-refractivity contribution in [3.05, 3.63) is 76.6 Å². The maximum Gasteiger partial charge on any atom is 0.273 e. The maximum atomic E-state index is 12.2. The van der Waals surface area contributed by atoms with E-state index in [-0.39, 0.29) is 30.2 Å². The summed E-state index contributed by atoms with van der Waals surface area (Å²) in [6.45, 7) is 0.139. The van der Waals surface area contributed by atoms with Crippen LogP contribution >= 0.6 is 11.6 Å². The van der Waals surface area contributed by atoms with Crippen LogP contribution in [0.5, 0.6) is 5.75 Å². The van der Waals surface area contributed by atoms with E-state index >= 15 is 0 Å². The summed E-state index contributed by atoms with van der Waals surface area (Å²) in [6, 6.07) is 15.4. The third-order valence-electron chi connectivity index (χ3n) is 5.08. The van der Waals surface area contributed by atoms with Crippen LogP contribution in [0.2, 0.25) is 5.02 Å². The van der Waals surface area contributed by atoms with Crippen molar-refractivity contribution in [2.45, 2.75) is 38.3 Å². The first kappa shape index (κ1) is 20.9. The van der Waals surface area contributed by atoms with Crippen molar-refractivity contribution < 1.29 is 18.8 Å². The van der Waals surface area contributed by atoms with E-state index in [1.165, 1.54) is 0 Å². The number of halogens is 1. The number of carbonyl (C=O) groups is 2. The summed E-state index contributed by atoms with van der Waals surface area (Å²) < 4.78 is 10.9. The van der Waals surface area contributed by atoms with Crippen molar-refractivity contribution in [2.24, 2.45) is 0 Å². The van der Waals surface area contributed by atoms with E-state index in [0.29, 0.717) is 27.8 Å². The van der Waals surface area contributed by atoms with E-state index < -0.39 is 0 Å². The van der Waals surface area contributed by atoms with Crippen molar-refractivity contribution in [3.8, 4) is 5.75 Å². The van der Waals surface area contributed by atoms with E-state index in [1.54, 1.807) is 54.6 Å². The summed E-state index contributed by atoms with van der Waals surface area (Å²) >= 11 is 5.84. The third kappa shape index (κ3) is 5.64. The largest absolute Gasteiger partial charge is 0.486 e. The zero-order valence-electron chi connectivity index (χ0n) is 16.8. The average molecular weight is 440 g/mol. The summed E-state index contributed by atoms with van der Waals surface area (Å²) in [6.07, 6.45) is 4.31. The highest BCUT2D eigenvalue weighted by atomic mass is 35.5. The van der Waals surface area contributed by atoms with Crippen LogP contribution in [0.15, 0.2) is 59.1 Å². The monoisotopic (exact) mass is 439 g/mol. The predicted octanol–water partition coefficient (Wildman–Crippen LogP) is 4.83. The molecule has 0 aliphatic heterocycles. The fourth-order valence-electron chi connectivity index (χ4n) is 3.41. The second kappa shape index (κ2) is 9.66. The number of aromatic nitrogens is 1. The first-order chi connectivity index (χ1) is 15.1. The van der Waals surface area contributed by atoms with Crippen molar-refractivity contribution in [1.82, 2.24) is 10.5 Å². The number of amides is 2. The van der Waals surface area contributed by atoms with Crippen LogP contribution in [0.1, 0.15) is 52.3 Å². The molecule has 1 aromatic heterocycles. The molecule has 0 unspecified atom stereocenters. The van der Waals surface area contributed by atoms with Gasteiger partial charge in [0.25, 0.3) is 11.8 Å². The van der Waals surface area contributed by atoms with E-state index in [2.05, 4.69) is 15.8 Å². The van der Waals surface area contributed by atoms with Crippen LogP contribution in [-0.4, -0.2) is 23.0 Å². The summed E-state index contributed by atoms with van der Waals surface area (Å²) in [5, 5.41) is 10.2. The summed E-state index contributed by atoms with van der Waals surface area (Å²) in [4.78, 5) is 24.5. The van der Waals surface area contributed by atoms with Crippen molar-refractivity contribution in [2.75, 3.05) is 5.32 Å². The van der Waals surface area contributed by atoms with Gasteiger partial charge in [-0.2, -0.15) is 0 Å². The van der Waals surface area contributed by atoms with E-state index in [0.717, 1.165) is 25.7 Å². The van der Waals surface area contributed by atoms with Crippen molar-refractivity contribution in [1.29, 1.82) is 0 Å². The van der Waals surface area contributed by atoms with Gasteiger partial charge in [-0.25, -0.2) is 0 Å². The maximum absolute atomic E-state index is 12.2. The number of ether oxygens (including phenoxy) is 1. The molecule has 1 heterocycles. The van der Waals surface area contributed by atoms with E-state index in [9.17, 15) is 9.59 Å². The molecule has 0 saturated heterocycles. The SMILES string of the molecule is O=C(Nc1ccc(OCc2cc(C(=O)NC3CCCC3)no2)cc1)c1ccc(Cl)cc1. The molecule has 0 radical (unpaired) electrons. The molecule has 4 rings (SSSR count). The zero-order chi connectivity index (χ0) is 21.6. The van der Waals surface area contributed by atoms with E-state index in [4.69, 9.17) is 20.9 Å². The molecule has 0 atom stereocenters. The van der Waals surface area contributed by atoms with Crippen LogP contribution in [0, 0.1) is 0 Å². The Morgan fingerprint density at radius 1 is 1.03 bits per heavy atom. The molecule has 2 amide bonds. The van der Waals surface area contributed by atoms with Gasteiger partial charge in [0.2, 0.25) is 0 Å². The number of benzene rings is 2. The Morgan fingerprint density at radius 2 is 1.74 bits per heavy atom. The fraction of sp³-hybridized carbons (Fsp3) is 0.261. The normalized spacial score (nSPS) is 13.7. The predicted molar refractivity (Wildman–Crippen MR) is 116 cm³/mol. The summed E-state index contributed by atoms with van der Waals surface area (Å²) in [7, 11) is 0. The Bertz CT molecular complexity index is 1040. The molecule has 1 fully saturated rings. The van der Waals surface area contributed by atoms with Crippen molar-refractivity contribution in [3.63, 3.8) is 0 Å². The Labute approximate surface area is 184 Å². The average Bonchev–Trinajstić information content (AvgIpc) is 3.46. The van der Waals surface area contributed by atoms with Gasteiger partial charge in [-0.1, -0.05) is 29.6 Å². The van der Waals surface area contributed by atoms with Gasteiger partial charge < -0.3 is 19.9 Å². The highest BCUT2D eigenvalue weighted by Crippen LogP contribution is 2.20. The number of hydrogen-bond acceptors (Lipinski definition) is 5. The second-order valence-electron chi connectivity index (χ2n) is 7.41. The molecule has 1 aliphatic rings. The van der Waals surface area contributed by atoms with Gasteiger partial charge in [0.15, 0.2) is 11.5 Å². The molecular formula is C23H22ClN3O4. The lowest BCUT2D eigenvalue weighted by Gasteiger charge is -2.09. The standard InChI is InChI=1S/C23H22ClN3O4/c24-16-7-5-15(6-8-16)22(28)25-18-9-11-19(12-10-18)30-14-20-13-21(27-31-20)23(29)26-17-3-1-2-4-17/h5-13,17H,1-4,14H2,(H,25,28)(H,26,29). The van der Waals surface area contributed by atoms with Gasteiger partial charge in [0.05, 0.1) is 0 Å². The number of nitrogens with zero attached hydrogens (tertiary/aromatic N) is 1. The van der Waals surface area contributed by atoms with Gasteiger partial charge in [-0.05, 0) is 61.4 Å². The number of carbonyl (C=O) groups excluding carboxylic acids is 2. The molecule has 1 saturated carbocycles. The highest BCUT2D eigenvalue weighted by molar-refractivity contribution is 6.30. The Morgan fingerprint density at radius 3 is 2.45 bits per heavy atom. The summed E-state index contributed by atoms with van der Waals surface area (Å²) in [5.74, 6) is 0.604. The lowest BCUT2D eigenvalue weighted by molar-refractivity contribution is 0.0927. The molecule has 2 N–H and O–H groups in total. The molecule has 8 heteroatoms. The number of anilines is 1. The minimum atomic E-state index is -0.226. The third-order valence-corrected chi connectivity index (χ3v) is 5.33.